The van der Waals surface area contributed by atoms with Crippen molar-refractivity contribution in [1.29, 1.82) is 0 Å². The predicted octanol–water partition coefficient (Wildman–Crippen LogP) is 5.56. The Morgan fingerprint density at radius 2 is 1.85 bits per heavy atom. The summed E-state index contributed by atoms with van der Waals surface area (Å²) in [4.78, 5) is 17.2. The summed E-state index contributed by atoms with van der Waals surface area (Å²) in [6.07, 6.45) is 0.826. The van der Waals surface area contributed by atoms with Crippen molar-refractivity contribution in [2.75, 3.05) is 0 Å². The molecule has 0 radical (unpaired) electrons. The molecule has 2 aromatic carbocycles. The lowest BCUT2D eigenvalue weighted by atomic mass is 9.98. The van der Waals surface area contributed by atoms with E-state index in [0.29, 0.717) is 27.3 Å². The number of aromatic nitrogens is 2. The molecule has 0 aliphatic carbocycles. The molecule has 2 atom stereocenters. The number of halogens is 2. The molecule has 1 N–H and O–H groups in total. The van der Waals surface area contributed by atoms with Crippen LogP contribution in [0.5, 0.6) is 0 Å². The van der Waals surface area contributed by atoms with Crippen LogP contribution in [0.3, 0.4) is 0 Å². The Morgan fingerprint density at radius 3 is 2.52 bits per heavy atom. The number of carbonyl (C=O) groups is 1. The Balaban J connectivity index is 1.86. The molecule has 5 nitrogen and oxygen atoms in total. The first-order chi connectivity index (χ1) is 13.0. The van der Waals surface area contributed by atoms with Gasteiger partial charge in [-0.15, -0.1) is 0 Å². The van der Waals surface area contributed by atoms with E-state index < -0.39 is 6.04 Å². The van der Waals surface area contributed by atoms with Crippen molar-refractivity contribution in [3.05, 3.63) is 70.0 Å². The summed E-state index contributed by atoms with van der Waals surface area (Å²) in [7, 11) is 0. The molecule has 0 fully saturated rings. The van der Waals surface area contributed by atoms with Crippen LogP contribution in [0, 0.1) is 5.92 Å². The van der Waals surface area contributed by atoms with Gasteiger partial charge >= 0.3 is 0 Å². The number of hydrogen-bond acceptors (Lipinski definition) is 4. The van der Waals surface area contributed by atoms with Crippen LogP contribution in [0.1, 0.15) is 42.6 Å². The van der Waals surface area contributed by atoms with Gasteiger partial charge in [-0.2, -0.15) is 4.98 Å². The van der Waals surface area contributed by atoms with Crippen molar-refractivity contribution in [2.24, 2.45) is 5.92 Å². The number of hydrogen-bond donors (Lipinski definition) is 1. The van der Waals surface area contributed by atoms with Gasteiger partial charge < -0.3 is 9.84 Å². The zero-order valence-corrected chi connectivity index (χ0v) is 16.5. The van der Waals surface area contributed by atoms with Crippen LogP contribution in [0.15, 0.2) is 53.1 Å². The molecule has 0 saturated carbocycles. The number of nitrogens with zero attached hydrogens (tertiary/aromatic N) is 2. The summed E-state index contributed by atoms with van der Waals surface area (Å²) in [5.41, 5.74) is 1.19. The second-order valence-electron chi connectivity index (χ2n) is 6.28. The van der Waals surface area contributed by atoms with Gasteiger partial charge in [0.15, 0.2) is 0 Å². The molecule has 0 unspecified atom stereocenters. The molecule has 27 heavy (non-hydrogen) atoms. The molecule has 0 saturated heterocycles. The molecule has 0 aliphatic rings. The largest absolute Gasteiger partial charge is 0.340 e. The Bertz CT molecular complexity index is 925. The second-order valence-corrected chi connectivity index (χ2v) is 7.12. The second kappa shape index (κ2) is 8.55. The van der Waals surface area contributed by atoms with E-state index in [1.165, 1.54) is 0 Å². The van der Waals surface area contributed by atoms with Crippen LogP contribution in [0.25, 0.3) is 11.4 Å². The fraction of sp³-hybridized carbons (Fsp3) is 0.250. The Kier molecular flexibility index (Phi) is 6.14. The van der Waals surface area contributed by atoms with Gasteiger partial charge in [-0.1, -0.05) is 60.8 Å². The zero-order valence-electron chi connectivity index (χ0n) is 14.9. The Labute approximate surface area is 167 Å². The van der Waals surface area contributed by atoms with Gasteiger partial charge in [0.25, 0.3) is 5.91 Å². The van der Waals surface area contributed by atoms with Gasteiger partial charge in [-0.3, -0.25) is 4.79 Å². The average Bonchev–Trinajstić information content (AvgIpc) is 3.16. The van der Waals surface area contributed by atoms with E-state index in [4.69, 9.17) is 27.7 Å². The summed E-state index contributed by atoms with van der Waals surface area (Å²) in [5.74, 6) is 0.615. The normalized spacial score (nSPS) is 13.2. The molecule has 3 rings (SSSR count). The van der Waals surface area contributed by atoms with E-state index in [-0.39, 0.29) is 11.8 Å². The van der Waals surface area contributed by atoms with Crippen LogP contribution < -0.4 is 5.32 Å². The SMILES string of the molecule is CC[C@H](C)[C@@H](NC(=O)c1ccccc1Cl)c1nc(-c2ccc(Cl)cc2)no1. The van der Waals surface area contributed by atoms with Crippen molar-refractivity contribution in [2.45, 2.75) is 26.3 Å². The van der Waals surface area contributed by atoms with E-state index in [1.54, 1.807) is 36.4 Å². The standard InChI is InChI=1S/C20H19Cl2N3O2/c1-3-12(2)17(23-19(26)15-6-4-5-7-16(15)22)20-24-18(25-27-20)13-8-10-14(21)11-9-13/h4-12,17H,3H2,1-2H3,(H,23,26)/t12-,17+/m0/s1. The minimum atomic E-state index is -0.424. The summed E-state index contributed by atoms with van der Waals surface area (Å²) in [6.45, 7) is 4.06. The molecule has 7 heteroatoms. The summed E-state index contributed by atoms with van der Waals surface area (Å²) in [5, 5.41) is 8.04. The molecule has 0 spiro atoms. The highest BCUT2D eigenvalue weighted by Gasteiger charge is 2.27. The fourth-order valence-electron chi connectivity index (χ4n) is 2.63. The van der Waals surface area contributed by atoms with Crippen LogP contribution in [0.4, 0.5) is 0 Å². The first kappa shape index (κ1) is 19.4. The van der Waals surface area contributed by atoms with Gasteiger partial charge in [0.2, 0.25) is 11.7 Å². The molecule has 1 aromatic heterocycles. The third kappa shape index (κ3) is 4.49. The van der Waals surface area contributed by atoms with Gasteiger partial charge in [0.05, 0.1) is 10.6 Å². The lowest BCUT2D eigenvalue weighted by molar-refractivity contribution is 0.0910. The first-order valence-electron chi connectivity index (χ1n) is 8.64. The molecular weight excluding hydrogens is 385 g/mol. The molecule has 3 aromatic rings. The molecule has 1 amide bonds. The number of benzene rings is 2. The Hall–Kier alpha value is -2.37. The highest BCUT2D eigenvalue weighted by Crippen LogP contribution is 2.27. The van der Waals surface area contributed by atoms with E-state index >= 15 is 0 Å². The van der Waals surface area contributed by atoms with E-state index in [2.05, 4.69) is 15.5 Å². The topological polar surface area (TPSA) is 68.0 Å². The first-order valence-corrected chi connectivity index (χ1v) is 9.40. The Morgan fingerprint density at radius 1 is 1.15 bits per heavy atom. The van der Waals surface area contributed by atoms with Crippen molar-refractivity contribution in [3.8, 4) is 11.4 Å². The smallest absolute Gasteiger partial charge is 0.253 e. The molecule has 0 aliphatic heterocycles. The maximum absolute atomic E-state index is 12.7. The quantitative estimate of drug-likeness (QED) is 0.584. The molecular formula is C20H19Cl2N3O2. The van der Waals surface area contributed by atoms with E-state index in [0.717, 1.165) is 12.0 Å². The van der Waals surface area contributed by atoms with Crippen molar-refractivity contribution in [1.82, 2.24) is 15.5 Å². The van der Waals surface area contributed by atoms with Crippen LogP contribution >= 0.6 is 23.2 Å². The molecule has 1 heterocycles. The maximum atomic E-state index is 12.7. The third-order valence-corrected chi connectivity index (χ3v) is 5.01. The molecule has 0 bridgehead atoms. The van der Waals surface area contributed by atoms with Crippen LogP contribution in [-0.2, 0) is 0 Å². The van der Waals surface area contributed by atoms with Gasteiger partial charge in [-0.05, 0) is 42.3 Å². The minimum absolute atomic E-state index is 0.0926. The number of nitrogens with one attached hydrogen (secondary N) is 1. The monoisotopic (exact) mass is 403 g/mol. The lowest BCUT2D eigenvalue weighted by Crippen LogP contribution is -2.33. The van der Waals surface area contributed by atoms with Crippen molar-refractivity contribution >= 4 is 29.1 Å². The third-order valence-electron chi connectivity index (χ3n) is 4.43. The summed E-state index contributed by atoms with van der Waals surface area (Å²) >= 11 is 12.1. The van der Waals surface area contributed by atoms with E-state index in [9.17, 15) is 4.79 Å². The number of rotatable bonds is 6. The number of amides is 1. The predicted molar refractivity (Wildman–Crippen MR) is 106 cm³/mol. The van der Waals surface area contributed by atoms with Crippen LogP contribution in [0.2, 0.25) is 10.0 Å². The van der Waals surface area contributed by atoms with Crippen LogP contribution in [-0.4, -0.2) is 16.0 Å². The van der Waals surface area contributed by atoms with Crippen molar-refractivity contribution in [3.63, 3.8) is 0 Å². The van der Waals surface area contributed by atoms with Gasteiger partial charge in [0.1, 0.15) is 6.04 Å². The summed E-state index contributed by atoms with van der Waals surface area (Å²) in [6, 6.07) is 13.6. The van der Waals surface area contributed by atoms with Gasteiger partial charge in [-0.25, -0.2) is 0 Å². The molecule has 140 valence electrons. The lowest BCUT2D eigenvalue weighted by Gasteiger charge is -2.21. The van der Waals surface area contributed by atoms with E-state index in [1.807, 2.05) is 26.0 Å². The van der Waals surface area contributed by atoms with Gasteiger partial charge in [0, 0.05) is 10.6 Å². The fourth-order valence-corrected chi connectivity index (χ4v) is 2.97. The minimum Gasteiger partial charge on any atom is -0.340 e. The van der Waals surface area contributed by atoms with Crippen molar-refractivity contribution < 1.29 is 9.32 Å². The average molecular weight is 404 g/mol. The maximum Gasteiger partial charge on any atom is 0.253 e. The summed E-state index contributed by atoms with van der Waals surface area (Å²) < 4.78 is 5.46. The highest BCUT2D eigenvalue weighted by molar-refractivity contribution is 6.33. The number of carbonyl (C=O) groups excluding carboxylic acids is 1. The highest BCUT2D eigenvalue weighted by atomic mass is 35.5. The zero-order chi connectivity index (χ0) is 19.4.